The molecule has 0 bridgehead atoms. The molecule has 2 fully saturated rings. The van der Waals surface area contributed by atoms with Crippen molar-refractivity contribution in [3.63, 3.8) is 0 Å². The van der Waals surface area contributed by atoms with Gasteiger partial charge >= 0.3 is 0 Å². The van der Waals surface area contributed by atoms with Gasteiger partial charge in [-0.3, -0.25) is 4.90 Å². The highest BCUT2D eigenvalue weighted by molar-refractivity contribution is 5.47. The van der Waals surface area contributed by atoms with E-state index in [-0.39, 0.29) is 0 Å². The third-order valence-corrected chi connectivity index (χ3v) is 7.35. The number of rotatable bonds is 6. The zero-order valence-corrected chi connectivity index (χ0v) is 18.4. The highest BCUT2D eigenvalue weighted by Crippen LogP contribution is 2.45. The van der Waals surface area contributed by atoms with Crippen LogP contribution in [0.5, 0.6) is 5.75 Å². The van der Waals surface area contributed by atoms with E-state index in [0.717, 1.165) is 37.4 Å². The summed E-state index contributed by atoms with van der Waals surface area (Å²) in [5.41, 5.74) is 4.92. The summed E-state index contributed by atoms with van der Waals surface area (Å²) in [6.45, 7) is 6.71. The van der Waals surface area contributed by atoms with Crippen LogP contribution in [0.1, 0.15) is 72.7 Å². The van der Waals surface area contributed by atoms with Crippen LogP contribution in [0.2, 0.25) is 0 Å². The molecule has 0 aromatic heterocycles. The fraction of sp³-hybridized carbons (Fsp3) is 0.519. The van der Waals surface area contributed by atoms with Gasteiger partial charge in [0.05, 0.1) is 18.2 Å². The monoisotopic (exact) mass is 415 g/mol. The van der Waals surface area contributed by atoms with E-state index in [9.17, 15) is 0 Å². The Morgan fingerprint density at radius 1 is 0.935 bits per heavy atom. The van der Waals surface area contributed by atoms with Gasteiger partial charge in [0.2, 0.25) is 0 Å². The van der Waals surface area contributed by atoms with E-state index in [1.54, 1.807) is 0 Å². The molecule has 162 valence electrons. The Kier molecular flexibility index (Phi) is 6.25. The van der Waals surface area contributed by atoms with E-state index in [1.165, 1.54) is 68.4 Å². The van der Waals surface area contributed by atoms with E-state index >= 15 is 0 Å². The maximum absolute atomic E-state index is 9.14. The van der Waals surface area contributed by atoms with E-state index in [2.05, 4.69) is 46.2 Å². The molecule has 2 aromatic rings. The first-order chi connectivity index (χ1) is 15.3. The number of likely N-dealkylation sites (tertiary alicyclic amines) is 1. The molecule has 0 saturated carbocycles. The standard InChI is InChI=1S/C27H33N3O/c28-19-21-7-9-22(10-8-21)26-20-30-16-4-6-27(30)25-18-23(11-12-24(25)26)31-17-5-15-29-13-2-1-3-14-29/h7-12,18,26-27H,1-6,13-17,20H2/t26-,27-/m1/s1. The Labute approximate surface area is 186 Å². The van der Waals surface area contributed by atoms with Gasteiger partial charge in [-0.1, -0.05) is 24.6 Å². The predicted molar refractivity (Wildman–Crippen MR) is 123 cm³/mol. The molecule has 0 aliphatic carbocycles. The number of hydrogen-bond acceptors (Lipinski definition) is 4. The summed E-state index contributed by atoms with van der Waals surface area (Å²) in [7, 11) is 0. The van der Waals surface area contributed by atoms with Gasteiger partial charge < -0.3 is 9.64 Å². The molecule has 31 heavy (non-hydrogen) atoms. The minimum Gasteiger partial charge on any atom is -0.494 e. The average Bonchev–Trinajstić information content (AvgIpc) is 3.31. The van der Waals surface area contributed by atoms with Crippen molar-refractivity contribution in [2.75, 3.05) is 39.3 Å². The van der Waals surface area contributed by atoms with Gasteiger partial charge in [0.25, 0.3) is 0 Å². The van der Waals surface area contributed by atoms with Crippen molar-refractivity contribution in [3.05, 3.63) is 64.7 Å². The second-order valence-electron chi connectivity index (χ2n) is 9.33. The zero-order valence-electron chi connectivity index (χ0n) is 18.4. The van der Waals surface area contributed by atoms with Crippen molar-refractivity contribution >= 4 is 0 Å². The minimum absolute atomic E-state index is 0.366. The maximum atomic E-state index is 9.14. The molecule has 5 rings (SSSR count). The lowest BCUT2D eigenvalue weighted by Gasteiger charge is -2.37. The van der Waals surface area contributed by atoms with Crippen LogP contribution in [0, 0.1) is 11.3 Å². The number of nitrogens with zero attached hydrogens (tertiary/aromatic N) is 3. The topological polar surface area (TPSA) is 39.5 Å². The van der Waals surface area contributed by atoms with Crippen molar-refractivity contribution in [2.45, 2.75) is 50.5 Å². The SMILES string of the molecule is N#Cc1ccc([C@H]2CN3CCC[C@@H]3c3cc(OCCCN4CCCCC4)ccc32)cc1. The Bertz CT molecular complexity index is 926. The van der Waals surface area contributed by atoms with Crippen LogP contribution in [0.4, 0.5) is 0 Å². The lowest BCUT2D eigenvalue weighted by Crippen LogP contribution is -2.34. The van der Waals surface area contributed by atoms with Gasteiger partial charge in [-0.15, -0.1) is 0 Å². The Morgan fingerprint density at radius 3 is 2.58 bits per heavy atom. The number of fused-ring (bicyclic) bond motifs is 3. The number of hydrogen-bond donors (Lipinski definition) is 0. The summed E-state index contributed by atoms with van der Waals surface area (Å²) in [6, 6.07) is 17.7. The van der Waals surface area contributed by atoms with E-state index in [1.807, 2.05) is 12.1 Å². The lowest BCUT2D eigenvalue weighted by molar-refractivity contribution is 0.204. The molecule has 2 saturated heterocycles. The van der Waals surface area contributed by atoms with Gasteiger partial charge in [-0.05, 0) is 92.7 Å². The Hall–Kier alpha value is -2.35. The first kappa shape index (κ1) is 20.5. The van der Waals surface area contributed by atoms with Crippen LogP contribution in [0.25, 0.3) is 0 Å². The van der Waals surface area contributed by atoms with Crippen molar-refractivity contribution in [1.82, 2.24) is 9.80 Å². The van der Waals surface area contributed by atoms with Crippen LogP contribution in [0.3, 0.4) is 0 Å². The number of nitriles is 1. The molecular formula is C27H33N3O. The third-order valence-electron chi connectivity index (χ3n) is 7.35. The van der Waals surface area contributed by atoms with Gasteiger partial charge in [-0.25, -0.2) is 0 Å². The van der Waals surface area contributed by atoms with Crippen LogP contribution >= 0.6 is 0 Å². The molecule has 3 heterocycles. The normalized spacial score (nSPS) is 23.7. The first-order valence-electron chi connectivity index (χ1n) is 12.0. The lowest BCUT2D eigenvalue weighted by atomic mass is 9.81. The van der Waals surface area contributed by atoms with Crippen LogP contribution in [0.15, 0.2) is 42.5 Å². The fourth-order valence-corrected chi connectivity index (χ4v) is 5.71. The van der Waals surface area contributed by atoms with Crippen LogP contribution < -0.4 is 4.74 Å². The number of ether oxygens (including phenoxy) is 1. The average molecular weight is 416 g/mol. The Morgan fingerprint density at radius 2 is 1.77 bits per heavy atom. The largest absolute Gasteiger partial charge is 0.494 e. The predicted octanol–water partition coefficient (Wildman–Crippen LogP) is 5.10. The summed E-state index contributed by atoms with van der Waals surface area (Å²) in [6.07, 6.45) is 7.70. The maximum Gasteiger partial charge on any atom is 0.119 e. The highest BCUT2D eigenvalue weighted by Gasteiger charge is 2.36. The van der Waals surface area contributed by atoms with Gasteiger partial charge in [0.1, 0.15) is 5.75 Å². The summed E-state index contributed by atoms with van der Waals surface area (Å²) in [5.74, 6) is 1.38. The summed E-state index contributed by atoms with van der Waals surface area (Å²) in [5, 5.41) is 9.14. The van der Waals surface area contributed by atoms with Crippen molar-refractivity contribution in [1.29, 1.82) is 5.26 Å². The molecule has 2 atom stereocenters. The summed E-state index contributed by atoms with van der Waals surface area (Å²) < 4.78 is 6.20. The second-order valence-corrected chi connectivity index (χ2v) is 9.33. The van der Waals surface area contributed by atoms with Gasteiger partial charge in [0.15, 0.2) is 0 Å². The molecule has 3 aliphatic rings. The quantitative estimate of drug-likeness (QED) is 0.616. The van der Waals surface area contributed by atoms with E-state index in [4.69, 9.17) is 10.00 Å². The van der Waals surface area contributed by atoms with Gasteiger partial charge in [-0.2, -0.15) is 5.26 Å². The zero-order chi connectivity index (χ0) is 21.0. The third kappa shape index (κ3) is 4.49. The first-order valence-corrected chi connectivity index (χ1v) is 12.0. The molecule has 3 aliphatic heterocycles. The molecule has 0 spiro atoms. The van der Waals surface area contributed by atoms with Gasteiger partial charge in [0, 0.05) is 25.0 Å². The smallest absolute Gasteiger partial charge is 0.119 e. The summed E-state index contributed by atoms with van der Waals surface area (Å²) in [4.78, 5) is 5.23. The molecule has 4 heteroatoms. The molecule has 0 N–H and O–H groups in total. The minimum atomic E-state index is 0.366. The molecule has 0 unspecified atom stereocenters. The van der Waals surface area contributed by atoms with E-state index in [0.29, 0.717) is 12.0 Å². The van der Waals surface area contributed by atoms with Crippen molar-refractivity contribution < 1.29 is 4.74 Å². The van der Waals surface area contributed by atoms with Crippen molar-refractivity contribution in [2.24, 2.45) is 0 Å². The van der Waals surface area contributed by atoms with Crippen LogP contribution in [-0.2, 0) is 0 Å². The highest BCUT2D eigenvalue weighted by atomic mass is 16.5. The van der Waals surface area contributed by atoms with Crippen molar-refractivity contribution in [3.8, 4) is 11.8 Å². The molecule has 4 nitrogen and oxygen atoms in total. The van der Waals surface area contributed by atoms with Crippen LogP contribution in [-0.4, -0.2) is 49.1 Å². The number of benzene rings is 2. The second kappa shape index (κ2) is 9.42. The van der Waals surface area contributed by atoms with E-state index < -0.39 is 0 Å². The number of piperidine rings is 1. The molecule has 0 amide bonds. The molecule has 0 radical (unpaired) electrons. The molecular weight excluding hydrogens is 382 g/mol. The Balaban J connectivity index is 1.30. The summed E-state index contributed by atoms with van der Waals surface area (Å²) >= 11 is 0. The molecule has 2 aromatic carbocycles. The fourth-order valence-electron chi connectivity index (χ4n) is 5.71.